The minimum atomic E-state index is -0.662. The number of amides is 1. The summed E-state index contributed by atoms with van der Waals surface area (Å²) in [5.41, 5.74) is 5.16. The fourth-order valence-corrected chi connectivity index (χ4v) is 2.19. The van der Waals surface area contributed by atoms with Crippen molar-refractivity contribution in [1.29, 1.82) is 0 Å². The summed E-state index contributed by atoms with van der Waals surface area (Å²) in [6.45, 7) is 0. The third-order valence-corrected chi connectivity index (χ3v) is 3.18. The number of carbonyl (C=O) groups is 1. The molecule has 2 N–H and O–H groups in total. The van der Waals surface area contributed by atoms with E-state index >= 15 is 0 Å². The maximum atomic E-state index is 13.1. The van der Waals surface area contributed by atoms with Crippen molar-refractivity contribution in [2.75, 3.05) is 0 Å². The summed E-state index contributed by atoms with van der Waals surface area (Å²) < 4.78 is 14.6. The molecule has 2 aromatic rings. The number of benzene rings is 1. The van der Waals surface area contributed by atoms with Gasteiger partial charge in [-0.15, -0.1) is 0 Å². The number of hydrogen-bond donors (Lipinski definition) is 1. The highest BCUT2D eigenvalue weighted by Gasteiger charge is 2.28. The first kappa shape index (κ1) is 11.0. The predicted molar refractivity (Wildman–Crippen MR) is 65.0 cm³/mol. The van der Waals surface area contributed by atoms with Crippen LogP contribution in [0.3, 0.4) is 0 Å². The molecule has 18 heavy (non-hydrogen) atoms. The largest absolute Gasteiger partial charge is 0.364 e. The van der Waals surface area contributed by atoms with Gasteiger partial charge in [-0.25, -0.2) is 4.39 Å². The lowest BCUT2D eigenvalue weighted by molar-refractivity contribution is 0.0990. The lowest BCUT2D eigenvalue weighted by Crippen LogP contribution is -2.28. The van der Waals surface area contributed by atoms with E-state index in [1.165, 1.54) is 28.8 Å². The van der Waals surface area contributed by atoms with Crippen LogP contribution >= 0.6 is 0 Å². The monoisotopic (exact) mass is 246 g/mol. The Labute approximate surface area is 102 Å². The maximum Gasteiger partial charge on any atom is 0.265 e. The molecule has 0 radical (unpaired) electrons. The van der Waals surface area contributed by atoms with Gasteiger partial charge in [0.2, 0.25) is 0 Å². The summed E-state index contributed by atoms with van der Waals surface area (Å²) in [5, 5.41) is 0.819. The summed E-state index contributed by atoms with van der Waals surface area (Å²) in [4.78, 5) is 23.7. The summed E-state index contributed by atoms with van der Waals surface area (Å²) in [6.07, 6.45) is 1.74. The van der Waals surface area contributed by atoms with Crippen LogP contribution in [-0.2, 0) is 0 Å². The molecule has 1 saturated carbocycles. The summed E-state index contributed by atoms with van der Waals surface area (Å²) >= 11 is 0. The normalized spacial score (nSPS) is 14.9. The van der Waals surface area contributed by atoms with E-state index in [0.29, 0.717) is 10.8 Å². The third-order valence-electron chi connectivity index (χ3n) is 3.18. The molecule has 92 valence electrons. The number of pyridine rings is 1. The first-order valence-electron chi connectivity index (χ1n) is 5.72. The third kappa shape index (κ3) is 1.59. The van der Waals surface area contributed by atoms with E-state index in [1.54, 1.807) is 0 Å². The quantitative estimate of drug-likeness (QED) is 0.874. The van der Waals surface area contributed by atoms with Gasteiger partial charge >= 0.3 is 0 Å². The standard InChI is InChI=1S/C13H11FN2O2/c14-8-1-4-10-7(5-8)6-11(12(15)17)16(13(10)18)9-2-3-9/h1,4-6,9H,2-3H2,(H2,15,17). The van der Waals surface area contributed by atoms with Crippen molar-refractivity contribution in [2.24, 2.45) is 5.73 Å². The van der Waals surface area contributed by atoms with Gasteiger partial charge in [-0.3, -0.25) is 9.59 Å². The van der Waals surface area contributed by atoms with Crippen LogP contribution in [0.1, 0.15) is 29.4 Å². The van der Waals surface area contributed by atoms with E-state index in [1.807, 2.05) is 0 Å². The van der Waals surface area contributed by atoms with Crippen LogP contribution in [0.4, 0.5) is 4.39 Å². The Bertz CT molecular complexity index is 717. The molecular formula is C13H11FN2O2. The van der Waals surface area contributed by atoms with Crippen molar-refractivity contribution in [3.8, 4) is 0 Å². The number of rotatable bonds is 2. The second-order valence-electron chi connectivity index (χ2n) is 4.53. The molecule has 4 nitrogen and oxygen atoms in total. The molecular weight excluding hydrogens is 235 g/mol. The average Bonchev–Trinajstić information content (AvgIpc) is 3.12. The molecule has 0 atom stereocenters. The zero-order chi connectivity index (χ0) is 12.9. The van der Waals surface area contributed by atoms with Gasteiger partial charge in [-0.1, -0.05) is 0 Å². The van der Waals surface area contributed by atoms with E-state index in [4.69, 9.17) is 5.73 Å². The van der Waals surface area contributed by atoms with E-state index in [-0.39, 0.29) is 17.3 Å². The van der Waals surface area contributed by atoms with E-state index in [9.17, 15) is 14.0 Å². The second-order valence-corrected chi connectivity index (χ2v) is 4.53. The summed E-state index contributed by atoms with van der Waals surface area (Å²) in [7, 11) is 0. The number of aromatic nitrogens is 1. The van der Waals surface area contributed by atoms with Crippen molar-refractivity contribution < 1.29 is 9.18 Å². The van der Waals surface area contributed by atoms with Crippen LogP contribution < -0.4 is 11.3 Å². The van der Waals surface area contributed by atoms with Crippen LogP contribution in [0.15, 0.2) is 29.1 Å². The van der Waals surface area contributed by atoms with Gasteiger partial charge in [-0.2, -0.15) is 0 Å². The van der Waals surface area contributed by atoms with E-state index in [0.717, 1.165) is 12.8 Å². The Hall–Kier alpha value is -2.17. The van der Waals surface area contributed by atoms with Gasteiger partial charge in [0.05, 0.1) is 0 Å². The second kappa shape index (κ2) is 3.66. The van der Waals surface area contributed by atoms with Crippen molar-refractivity contribution in [2.45, 2.75) is 18.9 Å². The van der Waals surface area contributed by atoms with Crippen LogP contribution in [0.2, 0.25) is 0 Å². The Kier molecular flexibility index (Phi) is 2.23. The molecule has 0 spiro atoms. The van der Waals surface area contributed by atoms with Crippen molar-refractivity contribution in [3.05, 3.63) is 46.1 Å². The molecule has 0 unspecified atom stereocenters. The summed E-state index contributed by atoms with van der Waals surface area (Å²) in [6, 6.07) is 5.46. The first-order chi connectivity index (χ1) is 8.58. The SMILES string of the molecule is NC(=O)c1cc2cc(F)ccc2c(=O)n1C1CC1. The van der Waals surface area contributed by atoms with Gasteiger partial charge in [-0.05, 0) is 42.5 Å². The topological polar surface area (TPSA) is 65.1 Å². The fourth-order valence-electron chi connectivity index (χ4n) is 2.19. The molecule has 1 heterocycles. The maximum absolute atomic E-state index is 13.1. The van der Waals surface area contributed by atoms with Crippen LogP contribution in [0, 0.1) is 5.82 Å². The fraction of sp³-hybridized carbons (Fsp3) is 0.231. The molecule has 0 aliphatic heterocycles. The van der Waals surface area contributed by atoms with Crippen molar-refractivity contribution in [3.63, 3.8) is 0 Å². The number of halogens is 1. The molecule has 0 saturated heterocycles. The number of fused-ring (bicyclic) bond motifs is 1. The summed E-state index contributed by atoms with van der Waals surface area (Å²) in [5.74, 6) is -1.10. The molecule has 1 amide bonds. The number of primary amides is 1. The molecule has 1 aliphatic carbocycles. The number of nitrogens with zero attached hydrogens (tertiary/aromatic N) is 1. The molecule has 1 aromatic heterocycles. The number of hydrogen-bond acceptors (Lipinski definition) is 2. The minimum absolute atomic E-state index is 0.0504. The highest BCUT2D eigenvalue weighted by atomic mass is 19.1. The minimum Gasteiger partial charge on any atom is -0.364 e. The lowest BCUT2D eigenvalue weighted by Gasteiger charge is -2.11. The van der Waals surface area contributed by atoms with Crippen LogP contribution in [-0.4, -0.2) is 10.5 Å². The van der Waals surface area contributed by atoms with E-state index in [2.05, 4.69) is 0 Å². The molecule has 1 aliphatic rings. The molecule has 1 fully saturated rings. The zero-order valence-corrected chi connectivity index (χ0v) is 9.52. The van der Waals surface area contributed by atoms with Crippen molar-refractivity contribution in [1.82, 2.24) is 4.57 Å². The van der Waals surface area contributed by atoms with Gasteiger partial charge < -0.3 is 10.3 Å². The van der Waals surface area contributed by atoms with E-state index < -0.39 is 11.7 Å². The van der Waals surface area contributed by atoms with Crippen molar-refractivity contribution >= 4 is 16.7 Å². The Morgan fingerprint density at radius 3 is 2.67 bits per heavy atom. The van der Waals surface area contributed by atoms with Gasteiger partial charge in [0, 0.05) is 11.4 Å². The molecule has 1 aromatic carbocycles. The van der Waals surface area contributed by atoms with Crippen LogP contribution in [0.25, 0.3) is 10.8 Å². The first-order valence-corrected chi connectivity index (χ1v) is 5.72. The molecule has 3 rings (SSSR count). The predicted octanol–water partition coefficient (Wildman–Crippen LogP) is 1.57. The Morgan fingerprint density at radius 1 is 1.33 bits per heavy atom. The Morgan fingerprint density at radius 2 is 2.06 bits per heavy atom. The number of nitrogens with two attached hydrogens (primary N) is 1. The van der Waals surface area contributed by atoms with Gasteiger partial charge in [0.15, 0.2) is 0 Å². The Balaban J connectivity index is 2.41. The lowest BCUT2D eigenvalue weighted by atomic mass is 10.1. The molecule has 0 bridgehead atoms. The smallest absolute Gasteiger partial charge is 0.265 e. The number of carbonyl (C=O) groups excluding carboxylic acids is 1. The highest BCUT2D eigenvalue weighted by Crippen LogP contribution is 2.35. The zero-order valence-electron chi connectivity index (χ0n) is 9.52. The van der Waals surface area contributed by atoms with Crippen LogP contribution in [0.5, 0.6) is 0 Å². The highest BCUT2D eigenvalue weighted by molar-refractivity contribution is 5.95. The molecule has 5 heteroatoms. The van der Waals surface area contributed by atoms with Gasteiger partial charge in [0.1, 0.15) is 11.5 Å². The average molecular weight is 246 g/mol. The van der Waals surface area contributed by atoms with Gasteiger partial charge in [0.25, 0.3) is 11.5 Å².